The number of pyridine rings is 1. The van der Waals surface area contributed by atoms with Crippen molar-refractivity contribution in [3.05, 3.63) is 59.5 Å². The average Bonchev–Trinajstić information content (AvgIpc) is 2.82. The third-order valence-corrected chi connectivity index (χ3v) is 4.39. The van der Waals surface area contributed by atoms with Gasteiger partial charge >= 0.3 is 0 Å². The summed E-state index contributed by atoms with van der Waals surface area (Å²) in [6.07, 6.45) is 4.11. The highest BCUT2D eigenvalue weighted by atomic mass is 32.2. The van der Waals surface area contributed by atoms with Crippen LogP contribution in [0.1, 0.15) is 16.8 Å². The number of thioether (sulfide) groups is 1. The van der Waals surface area contributed by atoms with Crippen LogP contribution in [0.4, 0.5) is 5.69 Å². The van der Waals surface area contributed by atoms with Gasteiger partial charge in [-0.1, -0.05) is 12.1 Å². The van der Waals surface area contributed by atoms with Crippen molar-refractivity contribution in [3.63, 3.8) is 0 Å². The minimum atomic E-state index is 0.828. The Labute approximate surface area is 122 Å². The van der Waals surface area contributed by atoms with E-state index in [2.05, 4.69) is 47.6 Å². The highest BCUT2D eigenvalue weighted by Gasteiger charge is 2.06. The molecule has 0 saturated heterocycles. The molecular formula is C16H17N3S. The Morgan fingerprint density at radius 2 is 2.10 bits per heavy atom. The van der Waals surface area contributed by atoms with Crippen molar-refractivity contribution in [3.8, 4) is 0 Å². The number of nitrogens with zero attached hydrogens (tertiary/aromatic N) is 2. The molecule has 0 radical (unpaired) electrons. The maximum absolute atomic E-state index is 6.04. The Morgan fingerprint density at radius 1 is 1.25 bits per heavy atom. The van der Waals surface area contributed by atoms with Crippen LogP contribution in [0.2, 0.25) is 0 Å². The maximum atomic E-state index is 6.04. The summed E-state index contributed by atoms with van der Waals surface area (Å²) in [6.45, 7) is 4.13. The first-order valence-electron chi connectivity index (χ1n) is 6.55. The molecule has 0 spiro atoms. The van der Waals surface area contributed by atoms with Crippen LogP contribution in [0.5, 0.6) is 0 Å². The Morgan fingerprint density at radius 3 is 2.85 bits per heavy atom. The van der Waals surface area contributed by atoms with Crippen LogP contribution >= 0.6 is 11.8 Å². The summed E-state index contributed by atoms with van der Waals surface area (Å²) in [5.41, 5.74) is 11.4. The Balaban J connectivity index is 1.81. The highest BCUT2D eigenvalue weighted by molar-refractivity contribution is 7.98. The van der Waals surface area contributed by atoms with Gasteiger partial charge in [-0.3, -0.25) is 0 Å². The fourth-order valence-corrected chi connectivity index (χ4v) is 3.06. The van der Waals surface area contributed by atoms with Crippen molar-refractivity contribution in [2.45, 2.75) is 24.5 Å². The molecule has 2 N–H and O–H groups in total. The summed E-state index contributed by atoms with van der Waals surface area (Å²) >= 11 is 1.73. The maximum Gasteiger partial charge on any atom is 0.139 e. The molecule has 0 fully saturated rings. The van der Waals surface area contributed by atoms with Gasteiger partial charge in [-0.2, -0.15) is 0 Å². The van der Waals surface area contributed by atoms with E-state index in [-0.39, 0.29) is 0 Å². The number of hydrogen-bond acceptors (Lipinski definition) is 3. The molecule has 2 heterocycles. The predicted molar refractivity (Wildman–Crippen MR) is 85.1 cm³/mol. The molecule has 1 aromatic carbocycles. The standard InChI is InChI=1S/C16H17N3S/c1-11-5-6-15(14(17)8-11)20-10-13-9-19-7-3-4-12(2)16(19)18-13/h3-9H,10,17H2,1-2H3. The molecule has 0 atom stereocenters. The summed E-state index contributed by atoms with van der Waals surface area (Å²) < 4.78 is 2.07. The zero-order chi connectivity index (χ0) is 14.1. The number of aryl methyl sites for hydroxylation is 2. The molecule has 0 bridgehead atoms. The van der Waals surface area contributed by atoms with Crippen molar-refractivity contribution in [2.24, 2.45) is 0 Å². The first-order valence-corrected chi connectivity index (χ1v) is 7.54. The number of rotatable bonds is 3. The molecule has 0 amide bonds. The van der Waals surface area contributed by atoms with Gasteiger partial charge in [-0.15, -0.1) is 11.8 Å². The van der Waals surface area contributed by atoms with E-state index in [1.54, 1.807) is 11.8 Å². The predicted octanol–water partition coefficient (Wildman–Crippen LogP) is 3.83. The highest BCUT2D eigenvalue weighted by Crippen LogP contribution is 2.28. The van der Waals surface area contributed by atoms with Gasteiger partial charge in [0.2, 0.25) is 0 Å². The number of aromatic nitrogens is 2. The van der Waals surface area contributed by atoms with Crippen molar-refractivity contribution >= 4 is 23.1 Å². The molecular weight excluding hydrogens is 266 g/mol. The van der Waals surface area contributed by atoms with Crippen LogP contribution in [0.25, 0.3) is 5.65 Å². The minimum Gasteiger partial charge on any atom is -0.398 e. The minimum absolute atomic E-state index is 0.828. The molecule has 20 heavy (non-hydrogen) atoms. The fourth-order valence-electron chi connectivity index (χ4n) is 2.22. The van der Waals surface area contributed by atoms with Crippen LogP contribution in [0.15, 0.2) is 47.6 Å². The molecule has 4 heteroatoms. The third-order valence-electron chi connectivity index (χ3n) is 3.27. The lowest BCUT2D eigenvalue weighted by molar-refractivity contribution is 1.16. The van der Waals surface area contributed by atoms with E-state index in [9.17, 15) is 0 Å². The number of benzene rings is 1. The molecule has 0 aliphatic carbocycles. The lowest BCUT2D eigenvalue weighted by Crippen LogP contribution is -1.90. The molecule has 0 aliphatic heterocycles. The molecule has 0 unspecified atom stereocenters. The Hall–Kier alpha value is -1.94. The molecule has 0 saturated carbocycles. The zero-order valence-electron chi connectivity index (χ0n) is 11.6. The van der Waals surface area contributed by atoms with Gasteiger partial charge < -0.3 is 10.1 Å². The third kappa shape index (κ3) is 2.51. The normalized spacial score (nSPS) is 11.1. The quantitative estimate of drug-likeness (QED) is 0.587. The van der Waals surface area contributed by atoms with Gasteiger partial charge in [0.25, 0.3) is 0 Å². The second-order valence-electron chi connectivity index (χ2n) is 4.98. The largest absolute Gasteiger partial charge is 0.398 e. The van der Waals surface area contributed by atoms with Crippen molar-refractivity contribution in [1.29, 1.82) is 0 Å². The van der Waals surface area contributed by atoms with Gasteiger partial charge in [0.15, 0.2) is 0 Å². The van der Waals surface area contributed by atoms with E-state index in [1.165, 1.54) is 11.1 Å². The van der Waals surface area contributed by atoms with Gasteiger partial charge in [-0.05, 0) is 43.2 Å². The zero-order valence-corrected chi connectivity index (χ0v) is 12.4. The molecule has 3 nitrogen and oxygen atoms in total. The number of fused-ring (bicyclic) bond motifs is 1. The SMILES string of the molecule is Cc1ccc(SCc2cn3cccc(C)c3n2)c(N)c1. The summed E-state index contributed by atoms with van der Waals surface area (Å²) in [4.78, 5) is 5.79. The lowest BCUT2D eigenvalue weighted by atomic mass is 10.2. The van der Waals surface area contributed by atoms with E-state index in [4.69, 9.17) is 5.73 Å². The van der Waals surface area contributed by atoms with E-state index >= 15 is 0 Å². The van der Waals surface area contributed by atoms with Crippen LogP contribution in [-0.2, 0) is 5.75 Å². The summed E-state index contributed by atoms with van der Waals surface area (Å²) in [7, 11) is 0. The van der Waals surface area contributed by atoms with Crippen molar-refractivity contribution in [2.75, 3.05) is 5.73 Å². The second-order valence-corrected chi connectivity index (χ2v) is 6.00. The Bertz CT molecular complexity index is 762. The van der Waals surface area contributed by atoms with Crippen LogP contribution in [0.3, 0.4) is 0 Å². The van der Waals surface area contributed by atoms with E-state index < -0.39 is 0 Å². The van der Waals surface area contributed by atoms with Gasteiger partial charge in [0.1, 0.15) is 5.65 Å². The van der Waals surface area contributed by atoms with Crippen LogP contribution < -0.4 is 5.73 Å². The second kappa shape index (κ2) is 5.21. The number of nitrogen functional groups attached to an aromatic ring is 1. The van der Waals surface area contributed by atoms with E-state index in [0.717, 1.165) is 27.7 Å². The van der Waals surface area contributed by atoms with E-state index in [0.29, 0.717) is 0 Å². The van der Waals surface area contributed by atoms with Gasteiger partial charge in [0, 0.05) is 28.7 Å². The molecule has 2 aromatic heterocycles. The average molecular weight is 283 g/mol. The Kier molecular flexibility index (Phi) is 3.40. The fraction of sp³-hybridized carbons (Fsp3) is 0.188. The van der Waals surface area contributed by atoms with E-state index in [1.807, 2.05) is 18.3 Å². The number of imidazole rings is 1. The molecule has 0 aliphatic rings. The summed E-state index contributed by atoms with van der Waals surface area (Å²) in [5.74, 6) is 0.828. The summed E-state index contributed by atoms with van der Waals surface area (Å²) in [6, 6.07) is 10.3. The van der Waals surface area contributed by atoms with Crippen LogP contribution in [-0.4, -0.2) is 9.38 Å². The topological polar surface area (TPSA) is 43.3 Å². The van der Waals surface area contributed by atoms with Crippen molar-refractivity contribution in [1.82, 2.24) is 9.38 Å². The summed E-state index contributed by atoms with van der Waals surface area (Å²) in [5, 5.41) is 0. The first kappa shape index (κ1) is 13.1. The molecule has 3 aromatic rings. The monoisotopic (exact) mass is 283 g/mol. The van der Waals surface area contributed by atoms with Crippen LogP contribution in [0, 0.1) is 13.8 Å². The van der Waals surface area contributed by atoms with Gasteiger partial charge in [-0.25, -0.2) is 4.98 Å². The molecule has 102 valence electrons. The van der Waals surface area contributed by atoms with Crippen molar-refractivity contribution < 1.29 is 0 Å². The molecule has 3 rings (SSSR count). The number of hydrogen-bond donors (Lipinski definition) is 1. The number of anilines is 1. The first-order chi connectivity index (χ1) is 9.63. The number of nitrogens with two attached hydrogens (primary N) is 1. The lowest BCUT2D eigenvalue weighted by Gasteiger charge is -2.04. The smallest absolute Gasteiger partial charge is 0.139 e. The van der Waals surface area contributed by atoms with Gasteiger partial charge in [0.05, 0.1) is 5.69 Å².